The highest BCUT2D eigenvalue weighted by atomic mass is 35.5. The molecule has 0 aromatic carbocycles. The van der Waals surface area contributed by atoms with Crippen LogP contribution in [0, 0.1) is 5.92 Å². The first-order valence-corrected chi connectivity index (χ1v) is 6.42. The van der Waals surface area contributed by atoms with Crippen LogP contribution in [0.4, 0.5) is 5.69 Å². The fourth-order valence-corrected chi connectivity index (χ4v) is 1.95. The number of nitrogens with two attached hydrogens (primary N) is 1. The van der Waals surface area contributed by atoms with Crippen LogP contribution in [-0.4, -0.2) is 23.1 Å². The van der Waals surface area contributed by atoms with Crippen molar-refractivity contribution in [3.05, 3.63) is 23.5 Å². The Labute approximate surface area is 113 Å². The number of hydrogen-bond donors (Lipinski definition) is 1. The van der Waals surface area contributed by atoms with E-state index < -0.39 is 0 Å². The second kappa shape index (κ2) is 6.77. The summed E-state index contributed by atoms with van der Waals surface area (Å²) in [7, 11) is 0. The summed E-state index contributed by atoms with van der Waals surface area (Å²) in [5, 5.41) is 0.663. The molecule has 0 saturated heterocycles. The van der Waals surface area contributed by atoms with E-state index in [1.54, 1.807) is 12.4 Å². The average Bonchev–Trinajstić information content (AvgIpc) is 2.24. The van der Waals surface area contributed by atoms with Crippen LogP contribution >= 0.6 is 23.8 Å². The lowest BCUT2D eigenvalue weighted by Gasteiger charge is -2.27. The first kappa shape index (κ1) is 14.2. The van der Waals surface area contributed by atoms with Gasteiger partial charge in [0, 0.05) is 31.9 Å². The van der Waals surface area contributed by atoms with Gasteiger partial charge in [0.05, 0.1) is 15.7 Å². The van der Waals surface area contributed by atoms with Crippen molar-refractivity contribution in [1.82, 2.24) is 4.98 Å². The molecule has 17 heavy (non-hydrogen) atoms. The van der Waals surface area contributed by atoms with Gasteiger partial charge in [-0.05, 0) is 12.0 Å². The molecule has 0 radical (unpaired) electrons. The Hall–Kier alpha value is -0.870. The number of anilines is 1. The van der Waals surface area contributed by atoms with Crippen LogP contribution in [-0.2, 0) is 0 Å². The first-order valence-electron chi connectivity index (χ1n) is 5.63. The molecule has 0 bridgehead atoms. The first-order chi connectivity index (χ1) is 8.00. The molecule has 1 rings (SSSR count). The summed E-state index contributed by atoms with van der Waals surface area (Å²) in [4.78, 5) is 6.73. The summed E-state index contributed by atoms with van der Waals surface area (Å²) in [6.07, 6.45) is 4.10. The molecule has 0 fully saturated rings. The minimum Gasteiger partial charge on any atom is -0.393 e. The molecule has 5 heteroatoms. The Morgan fingerprint density at radius 3 is 2.82 bits per heavy atom. The predicted molar refractivity (Wildman–Crippen MR) is 77.7 cm³/mol. The normalized spacial score (nSPS) is 10.6. The molecule has 0 aliphatic rings. The standard InChI is InChI=1S/C12H18ClN3S/c1-9(2)8-16(6-4-12(14)17)11-3-5-15-7-10(11)13/h3,5,7,9H,4,6,8H2,1-2H3,(H2,14,17). The van der Waals surface area contributed by atoms with Gasteiger partial charge in [0.15, 0.2) is 0 Å². The summed E-state index contributed by atoms with van der Waals surface area (Å²) in [6.45, 7) is 6.05. The Kier molecular flexibility index (Phi) is 5.65. The fourth-order valence-electron chi connectivity index (χ4n) is 1.62. The van der Waals surface area contributed by atoms with Crippen molar-refractivity contribution in [3.8, 4) is 0 Å². The molecule has 0 atom stereocenters. The molecule has 1 heterocycles. The van der Waals surface area contributed by atoms with Gasteiger partial charge in [-0.15, -0.1) is 0 Å². The van der Waals surface area contributed by atoms with Gasteiger partial charge >= 0.3 is 0 Å². The van der Waals surface area contributed by atoms with Gasteiger partial charge in [-0.1, -0.05) is 37.7 Å². The van der Waals surface area contributed by atoms with Gasteiger partial charge in [0.25, 0.3) is 0 Å². The molecular formula is C12H18ClN3S. The topological polar surface area (TPSA) is 42.1 Å². The molecule has 3 nitrogen and oxygen atoms in total. The Bertz CT molecular complexity index is 382. The molecule has 0 aliphatic heterocycles. The second-order valence-corrected chi connectivity index (χ2v) is 5.31. The summed E-state index contributed by atoms with van der Waals surface area (Å²) in [5.74, 6) is 0.547. The van der Waals surface area contributed by atoms with Crippen LogP contribution in [0.3, 0.4) is 0 Å². The van der Waals surface area contributed by atoms with E-state index in [0.717, 1.165) is 18.8 Å². The molecule has 1 aromatic rings. The lowest BCUT2D eigenvalue weighted by molar-refractivity contribution is 0.613. The minimum atomic E-state index is 0.531. The number of pyridine rings is 1. The quantitative estimate of drug-likeness (QED) is 0.808. The van der Waals surface area contributed by atoms with Gasteiger partial charge in [0.2, 0.25) is 0 Å². The van der Waals surface area contributed by atoms with Crippen molar-refractivity contribution in [2.45, 2.75) is 20.3 Å². The number of aromatic nitrogens is 1. The largest absolute Gasteiger partial charge is 0.393 e. The SMILES string of the molecule is CC(C)CN(CCC(N)=S)c1ccncc1Cl. The van der Waals surface area contributed by atoms with Crippen LogP contribution in [0.1, 0.15) is 20.3 Å². The highest BCUT2D eigenvalue weighted by Crippen LogP contribution is 2.25. The second-order valence-electron chi connectivity index (χ2n) is 4.38. The number of hydrogen-bond acceptors (Lipinski definition) is 3. The van der Waals surface area contributed by atoms with E-state index in [2.05, 4.69) is 23.7 Å². The third-order valence-corrected chi connectivity index (χ3v) is 2.80. The van der Waals surface area contributed by atoms with Gasteiger partial charge in [0.1, 0.15) is 0 Å². The predicted octanol–water partition coefficient (Wildman–Crippen LogP) is 2.87. The number of thiocarbonyl (C=S) groups is 1. The summed E-state index contributed by atoms with van der Waals surface area (Å²) >= 11 is 11.1. The van der Waals surface area contributed by atoms with Crippen molar-refractivity contribution in [2.75, 3.05) is 18.0 Å². The van der Waals surface area contributed by atoms with Gasteiger partial charge < -0.3 is 10.6 Å². The van der Waals surface area contributed by atoms with Gasteiger partial charge in [-0.2, -0.15) is 0 Å². The summed E-state index contributed by atoms with van der Waals surface area (Å²) in [5.41, 5.74) is 6.54. The van der Waals surface area contributed by atoms with E-state index >= 15 is 0 Å². The molecule has 0 saturated carbocycles. The van der Waals surface area contributed by atoms with E-state index in [0.29, 0.717) is 22.3 Å². The molecule has 0 amide bonds. The van der Waals surface area contributed by atoms with E-state index in [1.807, 2.05) is 6.07 Å². The van der Waals surface area contributed by atoms with Crippen molar-refractivity contribution < 1.29 is 0 Å². The Morgan fingerprint density at radius 1 is 1.59 bits per heavy atom. The maximum absolute atomic E-state index is 6.15. The number of rotatable bonds is 6. The number of nitrogens with zero attached hydrogens (tertiary/aromatic N) is 2. The third kappa shape index (κ3) is 4.88. The van der Waals surface area contributed by atoms with Gasteiger partial charge in [-0.25, -0.2) is 0 Å². The maximum atomic E-state index is 6.15. The van der Waals surface area contributed by atoms with Crippen LogP contribution in [0.25, 0.3) is 0 Å². The lowest BCUT2D eigenvalue weighted by Crippen LogP contribution is -2.31. The molecule has 0 spiro atoms. The molecule has 0 unspecified atom stereocenters. The Morgan fingerprint density at radius 2 is 2.29 bits per heavy atom. The number of halogens is 1. The molecular weight excluding hydrogens is 254 g/mol. The highest BCUT2D eigenvalue weighted by molar-refractivity contribution is 7.80. The van der Waals surface area contributed by atoms with Crippen LogP contribution in [0.15, 0.2) is 18.5 Å². The maximum Gasteiger partial charge on any atom is 0.0822 e. The monoisotopic (exact) mass is 271 g/mol. The zero-order valence-corrected chi connectivity index (χ0v) is 11.8. The van der Waals surface area contributed by atoms with Crippen LogP contribution in [0.2, 0.25) is 5.02 Å². The molecule has 2 N–H and O–H groups in total. The Balaban J connectivity index is 2.82. The van der Waals surface area contributed by atoms with E-state index in [-0.39, 0.29) is 0 Å². The van der Waals surface area contributed by atoms with Crippen LogP contribution < -0.4 is 10.6 Å². The van der Waals surface area contributed by atoms with Crippen molar-refractivity contribution in [2.24, 2.45) is 11.7 Å². The van der Waals surface area contributed by atoms with Crippen molar-refractivity contribution >= 4 is 34.5 Å². The lowest BCUT2D eigenvalue weighted by atomic mass is 10.2. The van der Waals surface area contributed by atoms with E-state index in [9.17, 15) is 0 Å². The highest BCUT2D eigenvalue weighted by Gasteiger charge is 2.12. The van der Waals surface area contributed by atoms with Crippen LogP contribution in [0.5, 0.6) is 0 Å². The van der Waals surface area contributed by atoms with Crippen molar-refractivity contribution in [3.63, 3.8) is 0 Å². The molecule has 94 valence electrons. The fraction of sp³-hybridized carbons (Fsp3) is 0.500. The minimum absolute atomic E-state index is 0.531. The zero-order chi connectivity index (χ0) is 12.8. The third-order valence-electron chi connectivity index (χ3n) is 2.31. The molecule has 1 aromatic heterocycles. The zero-order valence-electron chi connectivity index (χ0n) is 10.2. The average molecular weight is 272 g/mol. The summed E-state index contributed by atoms with van der Waals surface area (Å²) in [6, 6.07) is 1.92. The molecule has 0 aliphatic carbocycles. The van der Waals surface area contributed by atoms with Crippen molar-refractivity contribution in [1.29, 1.82) is 0 Å². The summed E-state index contributed by atoms with van der Waals surface area (Å²) < 4.78 is 0. The van der Waals surface area contributed by atoms with Gasteiger partial charge in [-0.3, -0.25) is 4.98 Å². The van der Waals surface area contributed by atoms with E-state index in [1.165, 1.54) is 0 Å². The van der Waals surface area contributed by atoms with E-state index in [4.69, 9.17) is 29.6 Å². The smallest absolute Gasteiger partial charge is 0.0822 e.